The second kappa shape index (κ2) is 5.83. The van der Waals surface area contributed by atoms with E-state index in [1.807, 2.05) is 13.0 Å². The number of unbranched alkanes of at least 4 members (excludes halogenated alkanes) is 2. The Hall–Kier alpha value is -1.11. The molecule has 0 spiro atoms. The lowest BCUT2D eigenvalue weighted by molar-refractivity contribution is 0.0978. The molecule has 0 atom stereocenters. The average molecular weight is 218 g/mol. The van der Waals surface area contributed by atoms with Crippen LogP contribution < -0.4 is 0 Å². The Morgan fingerprint density at radius 2 is 1.62 bits per heavy atom. The highest BCUT2D eigenvalue weighted by Gasteiger charge is 2.09. The molecule has 1 nitrogen and oxygen atoms in total. The molecule has 0 heterocycles. The monoisotopic (exact) mass is 218 g/mol. The van der Waals surface area contributed by atoms with Crippen molar-refractivity contribution in [2.45, 2.75) is 53.4 Å². The molecule has 1 aromatic carbocycles. The Morgan fingerprint density at radius 3 is 2.25 bits per heavy atom. The van der Waals surface area contributed by atoms with Gasteiger partial charge in [0.2, 0.25) is 0 Å². The molecule has 88 valence electrons. The van der Waals surface area contributed by atoms with E-state index in [0.717, 1.165) is 24.0 Å². The molecule has 0 saturated carbocycles. The fraction of sp³-hybridized carbons (Fsp3) is 0.533. The molecule has 0 aromatic heterocycles. The van der Waals surface area contributed by atoms with E-state index in [2.05, 4.69) is 26.8 Å². The van der Waals surface area contributed by atoms with E-state index in [0.29, 0.717) is 12.2 Å². The van der Waals surface area contributed by atoms with Gasteiger partial charge in [-0.1, -0.05) is 25.8 Å². The van der Waals surface area contributed by atoms with Gasteiger partial charge in [0, 0.05) is 12.0 Å². The standard InChI is InChI=1S/C15H22O/c1-5-6-7-8-15(16)14-10-12(3)11(2)9-13(14)4/h9-10H,5-8H2,1-4H3. The predicted molar refractivity (Wildman–Crippen MR) is 69.1 cm³/mol. The van der Waals surface area contributed by atoms with E-state index in [-0.39, 0.29) is 0 Å². The van der Waals surface area contributed by atoms with E-state index in [1.165, 1.54) is 17.5 Å². The summed E-state index contributed by atoms with van der Waals surface area (Å²) in [5.74, 6) is 0.300. The van der Waals surface area contributed by atoms with Crippen LogP contribution in [0.15, 0.2) is 12.1 Å². The molecule has 0 N–H and O–H groups in total. The molecule has 0 aliphatic rings. The topological polar surface area (TPSA) is 17.1 Å². The Labute approximate surface area is 98.9 Å². The first-order chi connectivity index (χ1) is 7.56. The van der Waals surface area contributed by atoms with Gasteiger partial charge in [-0.15, -0.1) is 0 Å². The second-order valence-electron chi connectivity index (χ2n) is 4.63. The van der Waals surface area contributed by atoms with E-state index in [4.69, 9.17) is 0 Å². The van der Waals surface area contributed by atoms with E-state index < -0.39 is 0 Å². The molecule has 0 aliphatic heterocycles. The molecule has 0 bridgehead atoms. The maximum Gasteiger partial charge on any atom is 0.163 e. The van der Waals surface area contributed by atoms with Crippen molar-refractivity contribution < 1.29 is 4.79 Å². The summed E-state index contributed by atoms with van der Waals surface area (Å²) >= 11 is 0. The Balaban J connectivity index is 2.79. The van der Waals surface area contributed by atoms with Crippen molar-refractivity contribution in [2.24, 2.45) is 0 Å². The van der Waals surface area contributed by atoms with Gasteiger partial charge in [0.1, 0.15) is 0 Å². The van der Waals surface area contributed by atoms with Crippen molar-refractivity contribution >= 4 is 5.78 Å². The lowest BCUT2D eigenvalue weighted by atomic mass is 9.96. The number of carbonyl (C=O) groups is 1. The largest absolute Gasteiger partial charge is 0.294 e. The van der Waals surface area contributed by atoms with Crippen LogP contribution in [0.25, 0.3) is 0 Å². The predicted octanol–water partition coefficient (Wildman–Crippen LogP) is 4.37. The normalized spacial score (nSPS) is 10.5. The van der Waals surface area contributed by atoms with Crippen LogP contribution in [0.5, 0.6) is 0 Å². The van der Waals surface area contributed by atoms with Gasteiger partial charge in [-0.3, -0.25) is 4.79 Å². The van der Waals surface area contributed by atoms with Gasteiger partial charge in [-0.05, 0) is 49.9 Å². The molecular weight excluding hydrogens is 196 g/mol. The number of rotatable bonds is 5. The zero-order valence-electron chi connectivity index (χ0n) is 10.9. The highest BCUT2D eigenvalue weighted by Crippen LogP contribution is 2.18. The minimum absolute atomic E-state index is 0.300. The lowest BCUT2D eigenvalue weighted by Crippen LogP contribution is -2.03. The van der Waals surface area contributed by atoms with Gasteiger partial charge in [0.25, 0.3) is 0 Å². The molecule has 0 unspecified atom stereocenters. The summed E-state index contributed by atoms with van der Waals surface area (Å²) in [6.45, 7) is 8.34. The number of Topliss-reactive ketones (excluding diaryl/α,β-unsaturated/α-hetero) is 1. The van der Waals surface area contributed by atoms with Crippen molar-refractivity contribution in [1.82, 2.24) is 0 Å². The van der Waals surface area contributed by atoms with Gasteiger partial charge >= 0.3 is 0 Å². The molecule has 1 aromatic rings. The zero-order chi connectivity index (χ0) is 12.1. The third-order valence-electron chi connectivity index (χ3n) is 3.15. The number of ketones is 1. The second-order valence-corrected chi connectivity index (χ2v) is 4.63. The van der Waals surface area contributed by atoms with Gasteiger partial charge in [0.05, 0.1) is 0 Å². The van der Waals surface area contributed by atoms with Crippen molar-refractivity contribution in [3.63, 3.8) is 0 Å². The van der Waals surface area contributed by atoms with Gasteiger partial charge in [-0.25, -0.2) is 0 Å². The molecule has 0 fully saturated rings. The third kappa shape index (κ3) is 3.19. The number of hydrogen-bond donors (Lipinski definition) is 0. The zero-order valence-corrected chi connectivity index (χ0v) is 10.9. The van der Waals surface area contributed by atoms with Crippen LogP contribution in [0.4, 0.5) is 0 Å². The summed E-state index contributed by atoms with van der Waals surface area (Å²) in [4.78, 5) is 12.0. The van der Waals surface area contributed by atoms with Crippen LogP contribution in [0, 0.1) is 20.8 Å². The first-order valence-electron chi connectivity index (χ1n) is 6.17. The van der Waals surface area contributed by atoms with E-state index >= 15 is 0 Å². The van der Waals surface area contributed by atoms with Gasteiger partial charge in [-0.2, -0.15) is 0 Å². The highest BCUT2D eigenvalue weighted by molar-refractivity contribution is 5.97. The Bertz CT molecular complexity index is 377. The van der Waals surface area contributed by atoms with Crippen LogP contribution >= 0.6 is 0 Å². The molecule has 16 heavy (non-hydrogen) atoms. The summed E-state index contributed by atoms with van der Waals surface area (Å²) in [5.41, 5.74) is 4.51. The average Bonchev–Trinajstić information content (AvgIpc) is 2.23. The number of carbonyl (C=O) groups excluding carboxylic acids is 1. The van der Waals surface area contributed by atoms with Crippen LogP contribution in [0.1, 0.15) is 59.7 Å². The first-order valence-corrected chi connectivity index (χ1v) is 6.17. The van der Waals surface area contributed by atoms with Crippen LogP contribution in [0.3, 0.4) is 0 Å². The SMILES string of the molecule is CCCCCC(=O)c1cc(C)c(C)cc1C. The van der Waals surface area contributed by atoms with Crippen LogP contribution in [-0.4, -0.2) is 5.78 Å². The molecule has 1 rings (SSSR count). The highest BCUT2D eigenvalue weighted by atomic mass is 16.1. The van der Waals surface area contributed by atoms with Crippen molar-refractivity contribution in [3.8, 4) is 0 Å². The molecular formula is C15H22O. The number of benzene rings is 1. The fourth-order valence-electron chi connectivity index (χ4n) is 1.93. The summed E-state index contributed by atoms with van der Waals surface area (Å²) in [6.07, 6.45) is 4.02. The van der Waals surface area contributed by atoms with Crippen molar-refractivity contribution in [2.75, 3.05) is 0 Å². The Morgan fingerprint density at radius 1 is 1.00 bits per heavy atom. The van der Waals surface area contributed by atoms with Gasteiger partial charge < -0.3 is 0 Å². The summed E-state index contributed by atoms with van der Waals surface area (Å²) in [5, 5.41) is 0. The fourth-order valence-corrected chi connectivity index (χ4v) is 1.93. The first kappa shape index (κ1) is 13.0. The molecule has 0 radical (unpaired) electrons. The van der Waals surface area contributed by atoms with Crippen LogP contribution in [-0.2, 0) is 0 Å². The number of hydrogen-bond acceptors (Lipinski definition) is 1. The molecule has 1 heteroatoms. The quantitative estimate of drug-likeness (QED) is 0.529. The van der Waals surface area contributed by atoms with Gasteiger partial charge in [0.15, 0.2) is 5.78 Å². The number of aryl methyl sites for hydroxylation is 3. The third-order valence-corrected chi connectivity index (χ3v) is 3.15. The maximum atomic E-state index is 12.0. The summed E-state index contributed by atoms with van der Waals surface area (Å²) < 4.78 is 0. The lowest BCUT2D eigenvalue weighted by Gasteiger charge is -2.08. The maximum absolute atomic E-state index is 12.0. The molecule has 0 aliphatic carbocycles. The van der Waals surface area contributed by atoms with Crippen molar-refractivity contribution in [3.05, 3.63) is 34.4 Å². The smallest absolute Gasteiger partial charge is 0.163 e. The summed E-state index contributed by atoms with van der Waals surface area (Å²) in [6, 6.07) is 4.15. The molecule has 0 saturated heterocycles. The van der Waals surface area contributed by atoms with E-state index in [1.54, 1.807) is 0 Å². The van der Waals surface area contributed by atoms with E-state index in [9.17, 15) is 4.79 Å². The minimum atomic E-state index is 0.300. The minimum Gasteiger partial charge on any atom is -0.294 e. The molecule has 0 amide bonds. The van der Waals surface area contributed by atoms with Crippen LogP contribution in [0.2, 0.25) is 0 Å². The van der Waals surface area contributed by atoms with Crippen molar-refractivity contribution in [1.29, 1.82) is 0 Å². The summed E-state index contributed by atoms with van der Waals surface area (Å²) in [7, 11) is 0. The Kier molecular flexibility index (Phi) is 4.72.